The molecule has 4 rings (SSSR count). The number of para-hydroxylation sites is 2. The maximum atomic E-state index is 12.9. The van der Waals surface area contributed by atoms with E-state index in [2.05, 4.69) is 5.32 Å². The average molecular weight is 359 g/mol. The van der Waals surface area contributed by atoms with Gasteiger partial charge in [0.05, 0.1) is 16.2 Å². The van der Waals surface area contributed by atoms with Crippen molar-refractivity contribution in [1.29, 1.82) is 0 Å². The van der Waals surface area contributed by atoms with Gasteiger partial charge in [-0.2, -0.15) is 0 Å². The molecule has 3 aliphatic heterocycles. The SMILES string of the molecule is CC12CCC(=O)N1C(C(=O)Nc1ccccc1N1CCCC1=O)CS2. The van der Waals surface area contributed by atoms with E-state index in [1.54, 1.807) is 21.6 Å². The van der Waals surface area contributed by atoms with Gasteiger partial charge in [0, 0.05) is 25.1 Å². The molecule has 1 N–H and O–H groups in total. The second kappa shape index (κ2) is 6.05. The maximum absolute atomic E-state index is 12.9. The fraction of sp³-hybridized carbons (Fsp3) is 0.500. The van der Waals surface area contributed by atoms with Crippen molar-refractivity contribution in [2.45, 2.75) is 43.5 Å². The Morgan fingerprint density at radius 1 is 1.24 bits per heavy atom. The van der Waals surface area contributed by atoms with E-state index < -0.39 is 6.04 Å². The van der Waals surface area contributed by atoms with Crippen LogP contribution in [0.15, 0.2) is 24.3 Å². The van der Waals surface area contributed by atoms with Gasteiger partial charge in [0.25, 0.3) is 0 Å². The molecule has 0 spiro atoms. The van der Waals surface area contributed by atoms with Gasteiger partial charge in [0.1, 0.15) is 6.04 Å². The normalized spacial score (nSPS) is 28.6. The van der Waals surface area contributed by atoms with Crippen molar-refractivity contribution in [2.24, 2.45) is 0 Å². The second-order valence-corrected chi connectivity index (χ2v) is 8.42. The summed E-state index contributed by atoms with van der Waals surface area (Å²) in [5.41, 5.74) is 1.37. The predicted octanol–water partition coefficient (Wildman–Crippen LogP) is 2.21. The van der Waals surface area contributed by atoms with Gasteiger partial charge < -0.3 is 15.1 Å². The summed E-state index contributed by atoms with van der Waals surface area (Å²) in [6.07, 6.45) is 2.68. The number of nitrogens with zero attached hydrogens (tertiary/aromatic N) is 2. The van der Waals surface area contributed by atoms with Crippen molar-refractivity contribution < 1.29 is 14.4 Å². The molecule has 3 heterocycles. The third-order valence-corrected chi connectivity index (χ3v) is 6.78. The van der Waals surface area contributed by atoms with Crippen molar-refractivity contribution in [1.82, 2.24) is 4.90 Å². The monoisotopic (exact) mass is 359 g/mol. The van der Waals surface area contributed by atoms with Gasteiger partial charge in [0.2, 0.25) is 17.7 Å². The van der Waals surface area contributed by atoms with Crippen LogP contribution in [0.25, 0.3) is 0 Å². The first-order valence-electron chi connectivity index (χ1n) is 8.66. The van der Waals surface area contributed by atoms with Crippen LogP contribution in [0.4, 0.5) is 11.4 Å². The Balaban J connectivity index is 1.56. The third kappa shape index (κ3) is 2.70. The molecule has 25 heavy (non-hydrogen) atoms. The molecule has 3 saturated heterocycles. The van der Waals surface area contributed by atoms with Crippen LogP contribution in [0, 0.1) is 0 Å². The topological polar surface area (TPSA) is 69.7 Å². The van der Waals surface area contributed by atoms with E-state index in [1.165, 1.54) is 0 Å². The molecule has 3 aliphatic rings. The number of benzene rings is 1. The molecule has 2 atom stereocenters. The molecule has 7 heteroatoms. The van der Waals surface area contributed by atoms with Crippen LogP contribution < -0.4 is 10.2 Å². The van der Waals surface area contributed by atoms with Crippen LogP contribution in [0.5, 0.6) is 0 Å². The summed E-state index contributed by atoms with van der Waals surface area (Å²) in [5.74, 6) is 0.570. The van der Waals surface area contributed by atoms with E-state index in [1.807, 2.05) is 31.2 Å². The number of thioether (sulfide) groups is 1. The number of carbonyl (C=O) groups is 3. The van der Waals surface area contributed by atoms with Crippen molar-refractivity contribution in [3.05, 3.63) is 24.3 Å². The highest BCUT2D eigenvalue weighted by Crippen LogP contribution is 2.47. The zero-order chi connectivity index (χ0) is 17.6. The standard InChI is InChI=1S/C18H21N3O3S/c1-18-9-8-16(23)21(18)14(11-25-18)17(24)19-12-5-2-3-6-13(12)20-10-4-7-15(20)22/h2-3,5-6,14H,4,7-11H2,1H3,(H,19,24). The maximum Gasteiger partial charge on any atom is 0.248 e. The number of hydrogen-bond acceptors (Lipinski definition) is 4. The minimum absolute atomic E-state index is 0.0515. The Hall–Kier alpha value is -2.02. The summed E-state index contributed by atoms with van der Waals surface area (Å²) in [5, 5.41) is 2.96. The molecule has 2 unspecified atom stereocenters. The van der Waals surface area contributed by atoms with E-state index in [-0.39, 0.29) is 22.6 Å². The fourth-order valence-electron chi connectivity index (χ4n) is 3.95. The van der Waals surface area contributed by atoms with Crippen LogP contribution >= 0.6 is 11.8 Å². The number of hydrogen-bond donors (Lipinski definition) is 1. The van der Waals surface area contributed by atoms with Crippen molar-refractivity contribution in [3.63, 3.8) is 0 Å². The average Bonchev–Trinajstić information content (AvgIpc) is 3.24. The zero-order valence-corrected chi connectivity index (χ0v) is 15.0. The molecule has 6 nitrogen and oxygen atoms in total. The Morgan fingerprint density at radius 2 is 2.04 bits per heavy atom. The van der Waals surface area contributed by atoms with Gasteiger partial charge in [-0.3, -0.25) is 14.4 Å². The van der Waals surface area contributed by atoms with Crippen molar-refractivity contribution in [3.8, 4) is 0 Å². The molecule has 0 bridgehead atoms. The highest BCUT2D eigenvalue weighted by Gasteiger charge is 2.52. The molecule has 132 valence electrons. The largest absolute Gasteiger partial charge is 0.322 e. The first-order chi connectivity index (χ1) is 12.0. The first-order valence-corrected chi connectivity index (χ1v) is 9.64. The van der Waals surface area contributed by atoms with Gasteiger partial charge in [-0.05, 0) is 31.9 Å². The Kier molecular flexibility index (Phi) is 3.98. The molecule has 1 aromatic carbocycles. The van der Waals surface area contributed by atoms with Crippen LogP contribution in [0.2, 0.25) is 0 Å². The number of anilines is 2. The quantitative estimate of drug-likeness (QED) is 0.898. The van der Waals surface area contributed by atoms with Crippen molar-refractivity contribution >= 4 is 40.9 Å². The van der Waals surface area contributed by atoms with E-state index in [0.717, 1.165) is 18.5 Å². The van der Waals surface area contributed by atoms with Gasteiger partial charge in [-0.25, -0.2) is 0 Å². The highest BCUT2D eigenvalue weighted by atomic mass is 32.2. The van der Waals surface area contributed by atoms with Crippen LogP contribution in [-0.2, 0) is 14.4 Å². The van der Waals surface area contributed by atoms with Crippen LogP contribution in [-0.4, -0.2) is 45.8 Å². The van der Waals surface area contributed by atoms with Crippen molar-refractivity contribution in [2.75, 3.05) is 22.5 Å². The molecular weight excluding hydrogens is 338 g/mol. The third-order valence-electron chi connectivity index (χ3n) is 5.27. The van der Waals surface area contributed by atoms with Crippen LogP contribution in [0.1, 0.15) is 32.6 Å². The lowest BCUT2D eigenvalue weighted by Crippen LogP contribution is -2.48. The lowest BCUT2D eigenvalue weighted by Gasteiger charge is -2.30. The molecular formula is C18H21N3O3S. The van der Waals surface area contributed by atoms with E-state index in [4.69, 9.17) is 0 Å². The van der Waals surface area contributed by atoms with E-state index in [0.29, 0.717) is 30.8 Å². The zero-order valence-electron chi connectivity index (χ0n) is 14.2. The smallest absolute Gasteiger partial charge is 0.248 e. The Morgan fingerprint density at radius 3 is 2.80 bits per heavy atom. The summed E-state index contributed by atoms with van der Waals surface area (Å²) in [4.78, 5) is 40.4. The molecule has 0 aromatic heterocycles. The lowest BCUT2D eigenvalue weighted by atomic mass is 10.2. The second-order valence-electron chi connectivity index (χ2n) is 6.92. The van der Waals surface area contributed by atoms with E-state index >= 15 is 0 Å². The number of fused-ring (bicyclic) bond motifs is 1. The molecule has 3 fully saturated rings. The van der Waals surface area contributed by atoms with Gasteiger partial charge >= 0.3 is 0 Å². The van der Waals surface area contributed by atoms with Gasteiger partial charge in [0.15, 0.2) is 0 Å². The van der Waals surface area contributed by atoms with Crippen LogP contribution in [0.3, 0.4) is 0 Å². The highest BCUT2D eigenvalue weighted by molar-refractivity contribution is 8.01. The number of amides is 3. The number of nitrogens with one attached hydrogen (secondary N) is 1. The van der Waals surface area contributed by atoms with E-state index in [9.17, 15) is 14.4 Å². The first kappa shape index (κ1) is 16.4. The lowest BCUT2D eigenvalue weighted by molar-refractivity contribution is -0.135. The minimum Gasteiger partial charge on any atom is -0.322 e. The van der Waals surface area contributed by atoms with Gasteiger partial charge in [-0.15, -0.1) is 11.8 Å². The number of rotatable bonds is 3. The fourth-order valence-corrected chi connectivity index (χ4v) is 5.38. The predicted molar refractivity (Wildman–Crippen MR) is 97.4 cm³/mol. The molecule has 0 aliphatic carbocycles. The van der Waals surface area contributed by atoms with Gasteiger partial charge in [-0.1, -0.05) is 12.1 Å². The summed E-state index contributed by atoms with van der Waals surface area (Å²) in [6.45, 7) is 2.71. The Bertz CT molecular complexity index is 753. The molecule has 1 aromatic rings. The summed E-state index contributed by atoms with van der Waals surface area (Å²) >= 11 is 1.68. The molecule has 3 amide bonds. The summed E-state index contributed by atoms with van der Waals surface area (Å²) in [6, 6.07) is 6.92. The molecule has 0 radical (unpaired) electrons. The Labute approximate surface area is 150 Å². The minimum atomic E-state index is -0.452. The molecule has 0 saturated carbocycles. The summed E-state index contributed by atoms with van der Waals surface area (Å²) in [7, 11) is 0. The summed E-state index contributed by atoms with van der Waals surface area (Å²) < 4.78 is 0. The number of carbonyl (C=O) groups excluding carboxylic acids is 3.